The van der Waals surface area contributed by atoms with Gasteiger partial charge in [0.1, 0.15) is 0 Å². The standard InChI is InChI=1S/C19H16N4O3/c24-16-10-12(18(25)21-16)9-11-5-7-13(8-6-11)20-19(26)17-14-3-1-2-4-15(14)22-23-17/h1-8,12H,9-10H2,(H,20,26)(H,22,23)(H,21,24,25). The number of hydrogen-bond donors (Lipinski definition) is 3. The summed E-state index contributed by atoms with van der Waals surface area (Å²) in [6.07, 6.45) is 0.722. The normalized spacial score (nSPS) is 16.7. The zero-order chi connectivity index (χ0) is 18.1. The van der Waals surface area contributed by atoms with Crippen LogP contribution in [0.3, 0.4) is 0 Å². The molecule has 1 aromatic heterocycles. The number of H-pyrrole nitrogens is 1. The van der Waals surface area contributed by atoms with Gasteiger partial charge in [0.25, 0.3) is 5.91 Å². The largest absolute Gasteiger partial charge is 0.321 e. The molecule has 1 atom stereocenters. The molecule has 1 saturated heterocycles. The van der Waals surface area contributed by atoms with Gasteiger partial charge in [0, 0.05) is 17.5 Å². The summed E-state index contributed by atoms with van der Waals surface area (Å²) < 4.78 is 0. The number of benzene rings is 2. The number of aromatic nitrogens is 2. The van der Waals surface area contributed by atoms with Crippen LogP contribution < -0.4 is 10.6 Å². The van der Waals surface area contributed by atoms with Crippen LogP contribution in [0.5, 0.6) is 0 Å². The first-order valence-corrected chi connectivity index (χ1v) is 8.27. The first kappa shape index (κ1) is 16.0. The molecule has 3 amide bonds. The van der Waals surface area contributed by atoms with Crippen molar-refractivity contribution in [3.05, 3.63) is 59.8 Å². The highest BCUT2D eigenvalue weighted by Crippen LogP contribution is 2.20. The van der Waals surface area contributed by atoms with Gasteiger partial charge in [0.05, 0.1) is 11.4 Å². The lowest BCUT2D eigenvalue weighted by molar-refractivity contribution is -0.125. The molecule has 2 aromatic carbocycles. The third-order valence-electron chi connectivity index (χ3n) is 4.44. The summed E-state index contributed by atoms with van der Waals surface area (Å²) in [5.74, 6) is -1.07. The Labute approximate surface area is 148 Å². The molecule has 2 heterocycles. The van der Waals surface area contributed by atoms with Gasteiger partial charge in [0.15, 0.2) is 5.69 Å². The number of carbonyl (C=O) groups excluding carboxylic acids is 3. The lowest BCUT2D eigenvalue weighted by atomic mass is 9.98. The van der Waals surface area contributed by atoms with Gasteiger partial charge in [-0.3, -0.25) is 24.8 Å². The van der Waals surface area contributed by atoms with Gasteiger partial charge in [-0.2, -0.15) is 5.10 Å². The van der Waals surface area contributed by atoms with Crippen molar-refractivity contribution in [3.8, 4) is 0 Å². The summed E-state index contributed by atoms with van der Waals surface area (Å²) >= 11 is 0. The minimum Gasteiger partial charge on any atom is -0.321 e. The predicted molar refractivity (Wildman–Crippen MR) is 95.4 cm³/mol. The Hall–Kier alpha value is -3.48. The molecule has 7 heteroatoms. The van der Waals surface area contributed by atoms with E-state index in [1.165, 1.54) is 0 Å². The Kier molecular flexibility index (Phi) is 3.96. The molecule has 26 heavy (non-hydrogen) atoms. The fourth-order valence-corrected chi connectivity index (χ4v) is 3.11. The number of amides is 3. The molecule has 0 saturated carbocycles. The quantitative estimate of drug-likeness (QED) is 0.628. The van der Waals surface area contributed by atoms with Crippen LogP contribution in [0.2, 0.25) is 0 Å². The minimum absolute atomic E-state index is 0.224. The van der Waals surface area contributed by atoms with Gasteiger partial charge in [-0.1, -0.05) is 30.3 Å². The number of aromatic amines is 1. The number of hydrogen-bond acceptors (Lipinski definition) is 4. The van der Waals surface area contributed by atoms with Crippen LogP contribution in [-0.2, 0) is 16.0 Å². The van der Waals surface area contributed by atoms with Crippen LogP contribution in [0.4, 0.5) is 5.69 Å². The zero-order valence-electron chi connectivity index (χ0n) is 13.8. The number of fused-ring (bicyclic) bond motifs is 1. The SMILES string of the molecule is O=C1CC(Cc2ccc(NC(=O)c3n[nH]c4ccccc34)cc2)C(=O)N1. The number of para-hydroxylation sites is 1. The first-order valence-electron chi connectivity index (χ1n) is 8.27. The summed E-state index contributed by atoms with van der Waals surface area (Å²) in [5, 5.41) is 12.8. The smallest absolute Gasteiger partial charge is 0.276 e. The van der Waals surface area contributed by atoms with Crippen molar-refractivity contribution in [2.24, 2.45) is 5.92 Å². The van der Waals surface area contributed by atoms with Crippen molar-refractivity contribution < 1.29 is 14.4 Å². The molecule has 0 spiro atoms. The first-order chi connectivity index (χ1) is 12.6. The molecule has 3 N–H and O–H groups in total. The highest BCUT2D eigenvalue weighted by atomic mass is 16.2. The van der Waals surface area contributed by atoms with Crippen molar-refractivity contribution in [1.29, 1.82) is 0 Å². The molecule has 1 fully saturated rings. The van der Waals surface area contributed by atoms with Gasteiger partial charge >= 0.3 is 0 Å². The molecule has 1 aliphatic rings. The molecule has 1 unspecified atom stereocenters. The third-order valence-corrected chi connectivity index (χ3v) is 4.44. The number of rotatable bonds is 4. The van der Waals surface area contributed by atoms with E-state index in [1.54, 1.807) is 12.1 Å². The second-order valence-corrected chi connectivity index (χ2v) is 6.29. The Bertz CT molecular complexity index is 1010. The molecule has 0 bridgehead atoms. The van der Waals surface area contributed by atoms with Crippen LogP contribution in [0.25, 0.3) is 10.9 Å². The fourth-order valence-electron chi connectivity index (χ4n) is 3.11. The number of carbonyl (C=O) groups is 3. The summed E-state index contributed by atoms with van der Waals surface area (Å²) in [6, 6.07) is 14.7. The van der Waals surface area contributed by atoms with E-state index in [0.717, 1.165) is 16.5 Å². The third kappa shape index (κ3) is 3.06. The maximum Gasteiger partial charge on any atom is 0.276 e. The van der Waals surface area contributed by atoms with Gasteiger partial charge in [-0.15, -0.1) is 0 Å². The van der Waals surface area contributed by atoms with E-state index in [9.17, 15) is 14.4 Å². The topological polar surface area (TPSA) is 104 Å². The Morgan fingerprint density at radius 3 is 2.62 bits per heavy atom. The Morgan fingerprint density at radius 2 is 1.88 bits per heavy atom. The van der Waals surface area contributed by atoms with Crippen LogP contribution in [0.1, 0.15) is 22.5 Å². The number of nitrogens with zero attached hydrogens (tertiary/aromatic N) is 1. The molecule has 0 radical (unpaired) electrons. The van der Waals surface area contributed by atoms with Gasteiger partial charge in [-0.05, 0) is 30.2 Å². The Balaban J connectivity index is 1.45. The van der Waals surface area contributed by atoms with Crippen LogP contribution in [-0.4, -0.2) is 27.9 Å². The second-order valence-electron chi connectivity index (χ2n) is 6.29. The number of imide groups is 1. The maximum absolute atomic E-state index is 12.4. The highest BCUT2D eigenvalue weighted by Gasteiger charge is 2.30. The summed E-state index contributed by atoms with van der Waals surface area (Å²) in [4.78, 5) is 35.3. The zero-order valence-corrected chi connectivity index (χ0v) is 13.8. The molecule has 130 valence electrons. The lowest BCUT2D eigenvalue weighted by Gasteiger charge is -2.08. The minimum atomic E-state index is -0.321. The number of nitrogens with one attached hydrogen (secondary N) is 3. The summed E-state index contributed by atoms with van der Waals surface area (Å²) in [5.41, 5.74) is 2.71. The van der Waals surface area contributed by atoms with Crippen molar-refractivity contribution in [3.63, 3.8) is 0 Å². The molecule has 1 aliphatic heterocycles. The van der Waals surface area contributed by atoms with E-state index in [-0.39, 0.29) is 30.1 Å². The monoisotopic (exact) mass is 348 g/mol. The molecule has 0 aliphatic carbocycles. The van der Waals surface area contributed by atoms with E-state index in [1.807, 2.05) is 36.4 Å². The van der Waals surface area contributed by atoms with Gasteiger partial charge in [0.2, 0.25) is 11.8 Å². The molecule has 7 nitrogen and oxygen atoms in total. The maximum atomic E-state index is 12.4. The summed E-state index contributed by atoms with van der Waals surface area (Å²) in [7, 11) is 0. The second kappa shape index (κ2) is 6.44. The lowest BCUT2D eigenvalue weighted by Crippen LogP contribution is -2.22. The van der Waals surface area contributed by atoms with E-state index < -0.39 is 0 Å². The van der Waals surface area contributed by atoms with Crippen molar-refractivity contribution >= 4 is 34.3 Å². The van der Waals surface area contributed by atoms with E-state index in [2.05, 4.69) is 20.8 Å². The average Bonchev–Trinajstić information content (AvgIpc) is 3.19. The average molecular weight is 348 g/mol. The van der Waals surface area contributed by atoms with Gasteiger partial charge in [-0.25, -0.2) is 0 Å². The predicted octanol–water partition coefficient (Wildman–Crippen LogP) is 2.02. The number of anilines is 1. The van der Waals surface area contributed by atoms with E-state index >= 15 is 0 Å². The van der Waals surface area contributed by atoms with Crippen LogP contribution >= 0.6 is 0 Å². The van der Waals surface area contributed by atoms with Crippen molar-refractivity contribution in [2.75, 3.05) is 5.32 Å². The van der Waals surface area contributed by atoms with Crippen LogP contribution in [0.15, 0.2) is 48.5 Å². The van der Waals surface area contributed by atoms with E-state index in [0.29, 0.717) is 17.8 Å². The fraction of sp³-hybridized carbons (Fsp3) is 0.158. The van der Waals surface area contributed by atoms with Crippen LogP contribution in [0, 0.1) is 5.92 Å². The Morgan fingerprint density at radius 1 is 1.12 bits per heavy atom. The highest BCUT2D eigenvalue weighted by molar-refractivity contribution is 6.11. The van der Waals surface area contributed by atoms with Crippen molar-refractivity contribution in [2.45, 2.75) is 12.8 Å². The van der Waals surface area contributed by atoms with Gasteiger partial charge < -0.3 is 5.32 Å². The van der Waals surface area contributed by atoms with Crippen molar-refractivity contribution in [1.82, 2.24) is 15.5 Å². The molecule has 4 rings (SSSR count). The molecular weight excluding hydrogens is 332 g/mol. The molecule has 3 aromatic rings. The summed E-state index contributed by atoms with van der Waals surface area (Å²) in [6.45, 7) is 0. The van der Waals surface area contributed by atoms with E-state index in [4.69, 9.17) is 0 Å². The molecular formula is C19H16N4O3.